The second kappa shape index (κ2) is 8.53. The number of nitrogens with zero attached hydrogens (tertiary/aromatic N) is 4. The van der Waals surface area contributed by atoms with Gasteiger partial charge in [-0.25, -0.2) is 15.0 Å². The van der Waals surface area contributed by atoms with E-state index in [1.165, 1.54) is 6.33 Å². The van der Waals surface area contributed by atoms with Crippen molar-refractivity contribution in [2.45, 2.75) is 6.17 Å². The number of fused-ring (bicyclic) bond motifs is 1. The normalized spacial score (nSPS) is 18.5. The molecule has 1 atom stereocenters. The minimum Gasteiger partial charge on any atom is -0.378 e. The maximum atomic E-state index is 13.0. The number of benzene rings is 2. The Labute approximate surface area is 180 Å². The largest absolute Gasteiger partial charge is 0.378 e. The molecule has 31 heavy (non-hydrogen) atoms. The molecule has 2 aliphatic heterocycles. The fourth-order valence-electron chi connectivity index (χ4n) is 3.71. The Morgan fingerprint density at radius 1 is 1.00 bits per heavy atom. The van der Waals surface area contributed by atoms with E-state index in [9.17, 15) is 4.79 Å². The zero-order valence-corrected chi connectivity index (χ0v) is 16.9. The fraction of sp³-hybridized carbons (Fsp3) is 0.217. The van der Waals surface area contributed by atoms with Gasteiger partial charge in [0.25, 0.3) is 5.91 Å². The lowest BCUT2D eigenvalue weighted by molar-refractivity contribution is -0.116. The molecular formula is C23H22N6O2. The van der Waals surface area contributed by atoms with Crippen LogP contribution >= 0.6 is 0 Å². The third-order valence-corrected chi connectivity index (χ3v) is 5.27. The summed E-state index contributed by atoms with van der Waals surface area (Å²) in [4.78, 5) is 28.6. The van der Waals surface area contributed by atoms with Gasteiger partial charge in [-0.05, 0) is 6.07 Å². The lowest BCUT2D eigenvalue weighted by Gasteiger charge is -2.27. The Hall–Kier alpha value is -3.78. The third kappa shape index (κ3) is 4.10. The minimum atomic E-state index is -0.838. The maximum Gasteiger partial charge on any atom is 0.269 e. The number of carbonyl (C=O) groups excluding carboxylic acids is 1. The summed E-state index contributed by atoms with van der Waals surface area (Å²) in [6, 6.07) is 19.4. The van der Waals surface area contributed by atoms with E-state index in [1.807, 2.05) is 60.7 Å². The predicted molar refractivity (Wildman–Crippen MR) is 120 cm³/mol. The first-order valence-corrected chi connectivity index (χ1v) is 10.2. The summed E-state index contributed by atoms with van der Waals surface area (Å²) in [7, 11) is 0. The zero-order valence-electron chi connectivity index (χ0n) is 16.9. The fourth-order valence-corrected chi connectivity index (χ4v) is 3.71. The van der Waals surface area contributed by atoms with Gasteiger partial charge >= 0.3 is 0 Å². The third-order valence-electron chi connectivity index (χ3n) is 5.27. The second-order valence-electron chi connectivity index (χ2n) is 7.29. The molecule has 1 aromatic heterocycles. The molecule has 1 saturated heterocycles. The van der Waals surface area contributed by atoms with Gasteiger partial charge in [-0.1, -0.05) is 48.5 Å². The molecule has 2 aliphatic rings. The quantitative estimate of drug-likeness (QED) is 0.682. The summed E-state index contributed by atoms with van der Waals surface area (Å²) in [5.41, 5.74) is 3.29. The molecule has 0 bridgehead atoms. The van der Waals surface area contributed by atoms with E-state index in [2.05, 4.69) is 25.5 Å². The van der Waals surface area contributed by atoms with E-state index in [1.54, 1.807) is 0 Å². The number of carbonyl (C=O) groups is 1. The number of amides is 1. The van der Waals surface area contributed by atoms with Gasteiger partial charge in [-0.3, -0.25) is 4.79 Å². The summed E-state index contributed by atoms with van der Waals surface area (Å²) < 4.78 is 5.41. The first kappa shape index (κ1) is 19.2. The Kier molecular flexibility index (Phi) is 5.28. The molecule has 0 aliphatic carbocycles. The molecule has 1 unspecified atom stereocenters. The van der Waals surface area contributed by atoms with E-state index >= 15 is 0 Å². The topological polar surface area (TPSA) is 91.7 Å². The van der Waals surface area contributed by atoms with Crippen molar-refractivity contribution in [3.8, 4) is 0 Å². The Balaban J connectivity index is 1.48. The van der Waals surface area contributed by atoms with Crippen molar-refractivity contribution in [2.24, 2.45) is 4.99 Å². The highest BCUT2D eigenvalue weighted by molar-refractivity contribution is 6.19. The van der Waals surface area contributed by atoms with E-state index in [-0.39, 0.29) is 5.91 Å². The van der Waals surface area contributed by atoms with Crippen molar-refractivity contribution in [1.29, 1.82) is 0 Å². The van der Waals surface area contributed by atoms with Gasteiger partial charge in [-0.15, -0.1) is 0 Å². The van der Waals surface area contributed by atoms with Crippen molar-refractivity contribution in [3.05, 3.63) is 78.1 Å². The van der Waals surface area contributed by atoms with Gasteiger partial charge in [0.05, 0.1) is 24.6 Å². The maximum absolute atomic E-state index is 13.0. The monoisotopic (exact) mass is 414 g/mol. The first-order valence-electron chi connectivity index (χ1n) is 10.2. The number of nitrogens with one attached hydrogen (secondary N) is 2. The number of hydrogen-bond donors (Lipinski definition) is 2. The van der Waals surface area contributed by atoms with Crippen molar-refractivity contribution in [1.82, 2.24) is 9.97 Å². The van der Waals surface area contributed by atoms with Crippen molar-refractivity contribution in [2.75, 3.05) is 41.8 Å². The van der Waals surface area contributed by atoms with E-state index in [0.717, 1.165) is 41.4 Å². The van der Waals surface area contributed by atoms with Crippen LogP contribution in [-0.2, 0) is 9.53 Å². The van der Waals surface area contributed by atoms with Crippen molar-refractivity contribution < 1.29 is 9.53 Å². The predicted octanol–water partition coefficient (Wildman–Crippen LogP) is 2.54. The molecule has 3 aromatic rings. The van der Waals surface area contributed by atoms with Crippen LogP contribution in [0.25, 0.3) is 0 Å². The number of ether oxygens (including phenoxy) is 1. The van der Waals surface area contributed by atoms with Gasteiger partial charge in [0.15, 0.2) is 0 Å². The molecule has 1 amide bonds. The molecular weight excluding hydrogens is 392 g/mol. The van der Waals surface area contributed by atoms with Crippen molar-refractivity contribution in [3.63, 3.8) is 0 Å². The minimum absolute atomic E-state index is 0.245. The molecule has 8 heteroatoms. The summed E-state index contributed by atoms with van der Waals surface area (Å²) in [6.45, 7) is 2.87. The standard InChI is InChI=1S/C23H22N6O2/c30-23-22(27-19-14-20(25-15-24-19)29-10-12-31-13-11-29)28-21(16-6-2-1-3-7-16)17-8-4-5-9-18(17)26-23/h1-9,14-15,22H,10-13H2,(H,26,30)(H,24,25,27). The number of aliphatic imine (C=N–C) groups is 1. The number of morpholine rings is 1. The van der Waals surface area contributed by atoms with Crippen LogP contribution in [-0.4, -0.2) is 54.1 Å². The number of hydrogen-bond acceptors (Lipinski definition) is 7. The van der Waals surface area contributed by atoms with Crippen LogP contribution in [0, 0.1) is 0 Å². The van der Waals surface area contributed by atoms with Gasteiger partial charge in [0.1, 0.15) is 18.0 Å². The van der Waals surface area contributed by atoms with Crippen LogP contribution in [0.2, 0.25) is 0 Å². The summed E-state index contributed by atoms with van der Waals surface area (Å²) >= 11 is 0. The SMILES string of the molecule is O=C1Nc2ccccc2C(c2ccccc2)=NC1Nc1cc(N2CCOCC2)ncn1. The number of rotatable bonds is 4. The van der Waals surface area contributed by atoms with Crippen LogP contribution in [0.1, 0.15) is 11.1 Å². The molecule has 3 heterocycles. The van der Waals surface area contributed by atoms with Gasteiger partial charge in [-0.2, -0.15) is 0 Å². The van der Waals surface area contributed by atoms with E-state index in [4.69, 9.17) is 9.73 Å². The molecule has 1 fully saturated rings. The van der Waals surface area contributed by atoms with E-state index < -0.39 is 6.17 Å². The highest BCUT2D eigenvalue weighted by Crippen LogP contribution is 2.25. The zero-order chi connectivity index (χ0) is 21.0. The van der Waals surface area contributed by atoms with Crippen molar-refractivity contribution >= 4 is 28.9 Å². The summed E-state index contributed by atoms with van der Waals surface area (Å²) in [5, 5.41) is 6.16. The summed E-state index contributed by atoms with van der Waals surface area (Å²) in [5.74, 6) is 1.09. The highest BCUT2D eigenvalue weighted by atomic mass is 16.5. The lowest BCUT2D eigenvalue weighted by Crippen LogP contribution is -2.37. The smallest absolute Gasteiger partial charge is 0.269 e. The molecule has 2 aromatic carbocycles. The Morgan fingerprint density at radius 2 is 1.77 bits per heavy atom. The van der Waals surface area contributed by atoms with Crippen LogP contribution in [0.3, 0.4) is 0 Å². The number of para-hydroxylation sites is 1. The average molecular weight is 414 g/mol. The van der Waals surface area contributed by atoms with Gasteiger partial charge < -0.3 is 20.3 Å². The van der Waals surface area contributed by atoms with Crippen LogP contribution in [0.4, 0.5) is 17.3 Å². The molecule has 5 rings (SSSR count). The molecule has 2 N–H and O–H groups in total. The molecule has 8 nitrogen and oxygen atoms in total. The Morgan fingerprint density at radius 3 is 2.61 bits per heavy atom. The first-order chi connectivity index (χ1) is 15.3. The second-order valence-corrected chi connectivity index (χ2v) is 7.29. The van der Waals surface area contributed by atoms with Crippen LogP contribution < -0.4 is 15.5 Å². The lowest BCUT2D eigenvalue weighted by atomic mass is 10.0. The van der Waals surface area contributed by atoms with Gasteiger partial charge in [0, 0.05) is 30.3 Å². The van der Waals surface area contributed by atoms with Crippen LogP contribution in [0.5, 0.6) is 0 Å². The Bertz CT molecular complexity index is 1110. The number of benzodiazepines with no additional fused rings is 1. The summed E-state index contributed by atoms with van der Waals surface area (Å²) in [6.07, 6.45) is 0.660. The van der Waals surface area contributed by atoms with Gasteiger partial charge in [0.2, 0.25) is 6.17 Å². The van der Waals surface area contributed by atoms with E-state index in [0.29, 0.717) is 19.0 Å². The molecule has 156 valence electrons. The molecule has 0 saturated carbocycles. The number of aromatic nitrogens is 2. The number of anilines is 3. The average Bonchev–Trinajstić information content (AvgIpc) is 2.97. The molecule has 0 spiro atoms. The highest BCUT2D eigenvalue weighted by Gasteiger charge is 2.26. The molecule has 0 radical (unpaired) electrons. The van der Waals surface area contributed by atoms with Crippen LogP contribution in [0.15, 0.2) is 72.0 Å².